The van der Waals surface area contributed by atoms with Crippen molar-refractivity contribution in [2.24, 2.45) is 17.2 Å². The molecule has 4 amide bonds. The lowest BCUT2D eigenvalue weighted by atomic mass is 10.1. The van der Waals surface area contributed by atoms with Crippen molar-refractivity contribution < 1.29 is 27.6 Å². The number of aryl methyl sites for hydroxylation is 1. The zero-order valence-electron chi connectivity index (χ0n) is 24.0. The molecule has 3 aromatic rings. The Morgan fingerprint density at radius 3 is 2.26 bits per heavy atom. The third-order valence-electron chi connectivity index (χ3n) is 6.07. The van der Waals surface area contributed by atoms with Gasteiger partial charge in [0.25, 0.3) is 0 Å². The van der Waals surface area contributed by atoms with Crippen molar-refractivity contribution in [1.29, 1.82) is 0 Å². The molecule has 0 fully saturated rings. The Bertz CT molecular complexity index is 1320. The number of para-hydroxylation sites is 1. The van der Waals surface area contributed by atoms with Crippen molar-refractivity contribution in [1.82, 2.24) is 20.5 Å². The zero-order chi connectivity index (χ0) is 31.8. The van der Waals surface area contributed by atoms with Crippen molar-refractivity contribution in [3.8, 4) is 0 Å². The maximum absolute atomic E-state index is 12.1. The van der Waals surface area contributed by atoms with Crippen LogP contribution in [0, 0.1) is 6.92 Å². The van der Waals surface area contributed by atoms with Crippen LogP contribution in [-0.2, 0) is 15.8 Å². The van der Waals surface area contributed by atoms with E-state index >= 15 is 0 Å². The molecule has 0 aliphatic heterocycles. The van der Waals surface area contributed by atoms with Gasteiger partial charge in [0.15, 0.2) is 0 Å². The van der Waals surface area contributed by atoms with Crippen molar-refractivity contribution >= 4 is 34.4 Å². The summed E-state index contributed by atoms with van der Waals surface area (Å²) in [4.78, 5) is 42.1. The van der Waals surface area contributed by atoms with E-state index < -0.39 is 23.7 Å². The van der Waals surface area contributed by atoms with Gasteiger partial charge in [-0.25, -0.2) is 4.79 Å². The number of nitrogens with two attached hydrogens (primary N) is 3. The molecule has 1 unspecified atom stereocenters. The van der Waals surface area contributed by atoms with Gasteiger partial charge in [-0.05, 0) is 44.0 Å². The zero-order valence-corrected chi connectivity index (χ0v) is 24.0. The molecule has 14 heteroatoms. The molecule has 0 aliphatic carbocycles. The van der Waals surface area contributed by atoms with E-state index in [9.17, 15) is 27.6 Å². The second-order valence-corrected chi connectivity index (χ2v) is 9.59. The van der Waals surface area contributed by atoms with E-state index in [1.165, 1.54) is 17.0 Å². The summed E-state index contributed by atoms with van der Waals surface area (Å²) in [6.45, 7) is 3.45. The average molecular weight is 605 g/mol. The molecule has 11 nitrogen and oxygen atoms in total. The minimum atomic E-state index is -4.21. The number of halogens is 3. The van der Waals surface area contributed by atoms with Crippen LogP contribution in [0.2, 0.25) is 0 Å². The van der Waals surface area contributed by atoms with E-state index in [0.29, 0.717) is 51.3 Å². The summed E-state index contributed by atoms with van der Waals surface area (Å²) < 4.78 is 35.8. The number of nitrogens with one attached hydrogen (secondary N) is 3. The number of alkyl halides is 3. The van der Waals surface area contributed by atoms with Crippen LogP contribution in [0.3, 0.4) is 0 Å². The minimum Gasteiger partial charge on any atom is -0.346 e. The van der Waals surface area contributed by atoms with E-state index in [1.54, 1.807) is 13.1 Å². The molecule has 0 spiro atoms. The minimum absolute atomic E-state index is 0.205. The second-order valence-electron chi connectivity index (χ2n) is 9.59. The Morgan fingerprint density at radius 1 is 0.977 bits per heavy atom. The van der Waals surface area contributed by atoms with Crippen LogP contribution in [0.4, 0.5) is 23.7 Å². The molecule has 3 rings (SSSR count). The quantitative estimate of drug-likeness (QED) is 0.172. The van der Waals surface area contributed by atoms with Crippen molar-refractivity contribution in [2.45, 2.75) is 32.0 Å². The van der Waals surface area contributed by atoms with Gasteiger partial charge in [-0.1, -0.05) is 35.9 Å². The van der Waals surface area contributed by atoms with Crippen molar-refractivity contribution in [3.05, 3.63) is 71.9 Å². The molecule has 0 bridgehead atoms. The number of carbonyl (C=O) groups excluding carboxylic acids is 3. The molecule has 1 heterocycles. The molecule has 9 N–H and O–H groups in total. The number of hydrogen-bond acceptors (Lipinski definition) is 7. The number of amides is 4. The number of rotatable bonds is 12. The molecule has 1 aromatic heterocycles. The number of carbonyl (C=O) groups is 3. The average Bonchev–Trinajstić information content (AvgIpc) is 2.97. The lowest BCUT2D eigenvalue weighted by molar-refractivity contribution is -0.137. The fourth-order valence-corrected chi connectivity index (χ4v) is 3.77. The molecule has 0 saturated carbocycles. The molecule has 2 aromatic carbocycles. The van der Waals surface area contributed by atoms with Gasteiger partial charge in [0.05, 0.1) is 35.6 Å². The van der Waals surface area contributed by atoms with Crippen LogP contribution < -0.4 is 33.2 Å². The number of urea groups is 1. The summed E-state index contributed by atoms with van der Waals surface area (Å²) in [7, 11) is 0. The summed E-state index contributed by atoms with van der Waals surface area (Å²) in [5.41, 5.74) is 18.5. The fourth-order valence-electron chi connectivity index (χ4n) is 3.77. The Kier molecular flexibility index (Phi) is 14.3. The Hall–Kier alpha value is -4.27. The van der Waals surface area contributed by atoms with Gasteiger partial charge in [0.1, 0.15) is 0 Å². The number of benzene rings is 2. The van der Waals surface area contributed by atoms with Gasteiger partial charge < -0.3 is 38.1 Å². The third-order valence-corrected chi connectivity index (χ3v) is 6.07. The Labute approximate surface area is 248 Å². The number of aromatic nitrogens is 1. The molecule has 1 atom stereocenters. The van der Waals surface area contributed by atoms with E-state index in [4.69, 9.17) is 17.2 Å². The monoisotopic (exact) mass is 604 g/mol. The smallest absolute Gasteiger partial charge is 0.346 e. The number of nitrogens with zero attached hydrogens (tertiary/aromatic N) is 2. The van der Waals surface area contributed by atoms with E-state index in [2.05, 4.69) is 20.9 Å². The van der Waals surface area contributed by atoms with Crippen LogP contribution >= 0.6 is 0 Å². The van der Waals surface area contributed by atoms with Crippen molar-refractivity contribution in [2.75, 3.05) is 44.6 Å². The summed E-state index contributed by atoms with van der Waals surface area (Å²) in [5, 5.41) is 8.87. The highest BCUT2D eigenvalue weighted by atomic mass is 19.4. The van der Waals surface area contributed by atoms with E-state index in [1.807, 2.05) is 30.3 Å². The maximum Gasteiger partial charge on any atom is 0.416 e. The maximum atomic E-state index is 12.1. The van der Waals surface area contributed by atoms with Crippen LogP contribution in [0.1, 0.15) is 24.0 Å². The highest BCUT2D eigenvalue weighted by Crippen LogP contribution is 2.28. The summed E-state index contributed by atoms with van der Waals surface area (Å²) >= 11 is 0. The SMILES string of the molecule is Cc1ccc(C(F)(F)F)cc1.NCCN(CCN)C(=O)NCCCC(N)C(=O)NCC(=O)Nc1cnc2ccccc2c1. The first-order chi connectivity index (χ1) is 20.4. The molecule has 0 aliphatic rings. The summed E-state index contributed by atoms with van der Waals surface area (Å²) in [6.07, 6.45) is -1.79. The van der Waals surface area contributed by atoms with Gasteiger partial charge >= 0.3 is 12.2 Å². The topological polar surface area (TPSA) is 181 Å². The van der Waals surface area contributed by atoms with E-state index in [0.717, 1.165) is 28.6 Å². The molecule has 234 valence electrons. The fraction of sp³-hybridized carbons (Fsp3) is 0.379. The van der Waals surface area contributed by atoms with Crippen LogP contribution in [0.25, 0.3) is 10.9 Å². The van der Waals surface area contributed by atoms with Gasteiger partial charge in [0.2, 0.25) is 11.8 Å². The molecule has 0 saturated heterocycles. The van der Waals surface area contributed by atoms with Crippen molar-refractivity contribution in [3.63, 3.8) is 0 Å². The lowest BCUT2D eigenvalue weighted by Crippen LogP contribution is -2.46. The highest BCUT2D eigenvalue weighted by molar-refractivity contribution is 5.96. The number of anilines is 1. The summed E-state index contributed by atoms with van der Waals surface area (Å²) in [6, 6.07) is 13.4. The van der Waals surface area contributed by atoms with E-state index in [-0.39, 0.29) is 18.5 Å². The molecular formula is C29H39F3N8O3. The van der Waals surface area contributed by atoms with Crippen LogP contribution in [-0.4, -0.2) is 73.0 Å². The number of hydrogen-bond donors (Lipinski definition) is 6. The first-order valence-corrected chi connectivity index (χ1v) is 13.7. The predicted molar refractivity (Wildman–Crippen MR) is 160 cm³/mol. The molecular weight excluding hydrogens is 565 g/mol. The Balaban J connectivity index is 0.000000490. The standard InChI is InChI=1S/C21H32N8O3.C8H7F3/c22-7-10-29(11-8-23)21(32)25-9-3-5-17(24)20(31)27-14-19(30)28-16-12-15-4-1-2-6-18(15)26-13-16;1-6-2-4-7(5-3-6)8(9,10)11/h1-2,4,6,12-13,17H,3,5,7-11,14,22-24H2,(H,25,32)(H,27,31)(H,28,30);2-5H,1H3. The largest absolute Gasteiger partial charge is 0.416 e. The normalized spacial score (nSPS) is 11.6. The van der Waals surface area contributed by atoms with Gasteiger partial charge in [0, 0.05) is 38.1 Å². The third kappa shape index (κ3) is 12.6. The molecule has 0 radical (unpaired) electrons. The predicted octanol–water partition coefficient (Wildman–Crippen LogP) is 2.34. The first kappa shape index (κ1) is 34.9. The van der Waals surface area contributed by atoms with Crippen LogP contribution in [0.5, 0.6) is 0 Å². The Morgan fingerprint density at radius 2 is 1.63 bits per heavy atom. The number of fused-ring (bicyclic) bond motifs is 1. The van der Waals surface area contributed by atoms with Gasteiger partial charge in [-0.2, -0.15) is 13.2 Å². The first-order valence-electron chi connectivity index (χ1n) is 13.7. The van der Waals surface area contributed by atoms with Gasteiger partial charge in [-0.15, -0.1) is 0 Å². The lowest BCUT2D eigenvalue weighted by Gasteiger charge is -2.21. The molecule has 43 heavy (non-hydrogen) atoms. The summed E-state index contributed by atoms with van der Waals surface area (Å²) in [5.74, 6) is -0.814. The second kappa shape index (κ2) is 17.6. The van der Waals surface area contributed by atoms with Gasteiger partial charge in [-0.3, -0.25) is 14.6 Å². The highest BCUT2D eigenvalue weighted by Gasteiger charge is 2.29. The van der Waals surface area contributed by atoms with Crippen LogP contribution in [0.15, 0.2) is 60.8 Å². The number of pyridine rings is 1.